The largest absolute Gasteiger partial charge is 0.339 e. The number of nitrogens with zero attached hydrogens (tertiary/aromatic N) is 2. The molecule has 0 bridgehead atoms. The van der Waals surface area contributed by atoms with Gasteiger partial charge in [-0.15, -0.1) is 0 Å². The Balaban J connectivity index is 1.77. The van der Waals surface area contributed by atoms with Gasteiger partial charge in [0.25, 0.3) is 0 Å². The van der Waals surface area contributed by atoms with Gasteiger partial charge < -0.3 is 10.3 Å². The van der Waals surface area contributed by atoms with Gasteiger partial charge in [-0.25, -0.2) is 8.42 Å². The number of sulfone groups is 1. The number of aromatic nitrogens is 2. The average molecular weight is 299 g/mol. The second kappa shape index (κ2) is 4.80. The van der Waals surface area contributed by atoms with Gasteiger partial charge in [0.05, 0.1) is 23.0 Å². The fourth-order valence-corrected chi connectivity index (χ4v) is 4.83. The molecule has 20 heavy (non-hydrogen) atoms. The van der Waals surface area contributed by atoms with E-state index in [0.717, 1.165) is 25.7 Å². The monoisotopic (exact) mass is 299 g/mol. The van der Waals surface area contributed by atoms with Crippen LogP contribution in [0.3, 0.4) is 0 Å². The predicted molar refractivity (Wildman–Crippen MR) is 73.8 cm³/mol. The van der Waals surface area contributed by atoms with Gasteiger partial charge in [0, 0.05) is 0 Å². The van der Waals surface area contributed by atoms with Crippen molar-refractivity contribution in [3.05, 3.63) is 11.7 Å². The summed E-state index contributed by atoms with van der Waals surface area (Å²) in [5.74, 6) is 1.84. The Morgan fingerprint density at radius 3 is 2.60 bits per heavy atom. The SMILES string of the molecule is CC1CCC(N)(c2noc(C3CCS(=O)(=O)C3)n2)CC1. The molecule has 0 radical (unpaired) electrons. The summed E-state index contributed by atoms with van der Waals surface area (Å²) in [6.45, 7) is 2.23. The summed E-state index contributed by atoms with van der Waals surface area (Å²) >= 11 is 0. The number of rotatable bonds is 2. The Morgan fingerprint density at radius 2 is 2.00 bits per heavy atom. The molecule has 1 atom stereocenters. The van der Waals surface area contributed by atoms with Crippen molar-refractivity contribution in [2.45, 2.75) is 50.5 Å². The molecule has 0 spiro atoms. The number of hydrogen-bond acceptors (Lipinski definition) is 6. The second-order valence-electron chi connectivity index (χ2n) is 6.39. The molecule has 1 unspecified atom stereocenters. The van der Waals surface area contributed by atoms with Gasteiger partial charge in [0.1, 0.15) is 0 Å². The fraction of sp³-hybridized carbons (Fsp3) is 0.846. The van der Waals surface area contributed by atoms with E-state index in [-0.39, 0.29) is 17.4 Å². The summed E-state index contributed by atoms with van der Waals surface area (Å²) < 4.78 is 28.3. The van der Waals surface area contributed by atoms with Gasteiger partial charge in [-0.1, -0.05) is 12.1 Å². The standard InChI is InChI=1S/C13H21N3O3S/c1-9-2-5-13(14,6-3-9)12-15-11(19-16-12)10-4-7-20(17,18)8-10/h9-10H,2-8,14H2,1H3. The molecule has 1 aromatic rings. The summed E-state index contributed by atoms with van der Waals surface area (Å²) in [6, 6.07) is 0. The second-order valence-corrected chi connectivity index (χ2v) is 8.62. The molecule has 6 nitrogen and oxygen atoms in total. The van der Waals surface area contributed by atoms with Crippen molar-refractivity contribution in [3.8, 4) is 0 Å². The summed E-state index contributed by atoms with van der Waals surface area (Å²) in [5.41, 5.74) is 5.90. The summed E-state index contributed by atoms with van der Waals surface area (Å²) in [5, 5.41) is 4.02. The molecule has 112 valence electrons. The zero-order valence-electron chi connectivity index (χ0n) is 11.7. The number of hydrogen-bond donors (Lipinski definition) is 1. The maximum atomic E-state index is 11.5. The van der Waals surface area contributed by atoms with Gasteiger partial charge in [-0.3, -0.25) is 0 Å². The van der Waals surface area contributed by atoms with E-state index in [1.54, 1.807) is 0 Å². The van der Waals surface area contributed by atoms with Crippen molar-refractivity contribution in [1.29, 1.82) is 0 Å². The molecule has 0 amide bonds. The molecule has 2 aliphatic rings. The highest BCUT2D eigenvalue weighted by Crippen LogP contribution is 2.37. The van der Waals surface area contributed by atoms with Crippen molar-refractivity contribution in [2.24, 2.45) is 11.7 Å². The number of nitrogens with two attached hydrogens (primary N) is 1. The van der Waals surface area contributed by atoms with Crippen LogP contribution in [-0.2, 0) is 15.4 Å². The third-order valence-electron chi connectivity index (χ3n) is 4.64. The molecular formula is C13H21N3O3S. The predicted octanol–water partition coefficient (Wildman–Crippen LogP) is 1.34. The van der Waals surface area contributed by atoms with Crippen LogP contribution in [0.25, 0.3) is 0 Å². The van der Waals surface area contributed by atoms with Crippen molar-refractivity contribution < 1.29 is 12.9 Å². The van der Waals surface area contributed by atoms with Crippen molar-refractivity contribution >= 4 is 9.84 Å². The minimum atomic E-state index is -2.94. The fourth-order valence-electron chi connectivity index (χ4n) is 3.09. The lowest BCUT2D eigenvalue weighted by Crippen LogP contribution is -2.41. The van der Waals surface area contributed by atoms with Crippen LogP contribution >= 0.6 is 0 Å². The molecule has 1 aliphatic heterocycles. The third kappa shape index (κ3) is 2.61. The lowest BCUT2D eigenvalue weighted by molar-refractivity contribution is 0.229. The highest BCUT2D eigenvalue weighted by atomic mass is 32.2. The van der Waals surface area contributed by atoms with Crippen LogP contribution < -0.4 is 5.73 Å². The van der Waals surface area contributed by atoms with E-state index in [1.807, 2.05) is 0 Å². The van der Waals surface area contributed by atoms with Crippen LogP contribution in [0.15, 0.2) is 4.52 Å². The van der Waals surface area contributed by atoms with Crippen molar-refractivity contribution in [3.63, 3.8) is 0 Å². The smallest absolute Gasteiger partial charge is 0.230 e. The zero-order chi connectivity index (χ0) is 14.4. The highest BCUT2D eigenvalue weighted by molar-refractivity contribution is 7.91. The minimum Gasteiger partial charge on any atom is -0.339 e. The highest BCUT2D eigenvalue weighted by Gasteiger charge is 2.38. The Bertz CT molecular complexity index is 588. The van der Waals surface area contributed by atoms with Gasteiger partial charge in [0.2, 0.25) is 5.89 Å². The van der Waals surface area contributed by atoms with Gasteiger partial charge in [-0.05, 0) is 38.0 Å². The van der Waals surface area contributed by atoms with Crippen molar-refractivity contribution in [1.82, 2.24) is 10.1 Å². The van der Waals surface area contributed by atoms with Crippen LogP contribution in [0.5, 0.6) is 0 Å². The van der Waals surface area contributed by atoms with Crippen LogP contribution in [-0.4, -0.2) is 30.1 Å². The Hall–Kier alpha value is -0.950. The first-order valence-electron chi connectivity index (χ1n) is 7.21. The van der Waals surface area contributed by atoms with Gasteiger partial charge in [0.15, 0.2) is 15.7 Å². The Labute approximate surface area is 119 Å². The van der Waals surface area contributed by atoms with E-state index < -0.39 is 15.4 Å². The Kier molecular flexibility index (Phi) is 3.36. The maximum Gasteiger partial charge on any atom is 0.230 e. The molecule has 2 heterocycles. The first-order valence-corrected chi connectivity index (χ1v) is 9.03. The first kappa shape index (κ1) is 14.0. The van der Waals surface area contributed by atoms with E-state index in [9.17, 15) is 8.42 Å². The summed E-state index contributed by atoms with van der Waals surface area (Å²) in [7, 11) is -2.94. The maximum absolute atomic E-state index is 11.5. The first-order chi connectivity index (χ1) is 9.38. The lowest BCUT2D eigenvalue weighted by atomic mass is 9.77. The van der Waals surface area contributed by atoms with Crippen LogP contribution in [0.2, 0.25) is 0 Å². The molecule has 1 saturated heterocycles. The molecule has 2 N–H and O–H groups in total. The third-order valence-corrected chi connectivity index (χ3v) is 6.40. The molecule has 2 fully saturated rings. The quantitative estimate of drug-likeness (QED) is 0.884. The Morgan fingerprint density at radius 1 is 1.30 bits per heavy atom. The van der Waals surface area contributed by atoms with E-state index in [0.29, 0.717) is 24.1 Å². The van der Waals surface area contributed by atoms with E-state index >= 15 is 0 Å². The van der Waals surface area contributed by atoms with Crippen LogP contribution in [0, 0.1) is 5.92 Å². The normalized spacial score (nSPS) is 37.1. The molecule has 1 aromatic heterocycles. The summed E-state index contributed by atoms with van der Waals surface area (Å²) in [6.07, 6.45) is 4.42. The van der Waals surface area contributed by atoms with E-state index in [1.165, 1.54) is 0 Å². The van der Waals surface area contributed by atoms with E-state index in [4.69, 9.17) is 10.3 Å². The molecule has 7 heteroatoms. The zero-order valence-corrected chi connectivity index (χ0v) is 12.5. The van der Waals surface area contributed by atoms with Crippen molar-refractivity contribution in [2.75, 3.05) is 11.5 Å². The summed E-state index contributed by atoms with van der Waals surface area (Å²) in [4.78, 5) is 4.41. The van der Waals surface area contributed by atoms with Crippen LogP contribution in [0.1, 0.15) is 56.7 Å². The molecule has 3 rings (SSSR count). The van der Waals surface area contributed by atoms with Gasteiger partial charge >= 0.3 is 0 Å². The average Bonchev–Trinajstić information content (AvgIpc) is 3.00. The molecule has 1 aliphatic carbocycles. The molecular weight excluding hydrogens is 278 g/mol. The van der Waals surface area contributed by atoms with Crippen LogP contribution in [0.4, 0.5) is 0 Å². The lowest BCUT2D eigenvalue weighted by Gasteiger charge is -2.33. The van der Waals surface area contributed by atoms with Gasteiger partial charge in [-0.2, -0.15) is 4.98 Å². The van der Waals surface area contributed by atoms with E-state index in [2.05, 4.69) is 17.1 Å². The minimum absolute atomic E-state index is 0.114. The molecule has 0 aromatic carbocycles. The molecule has 1 saturated carbocycles. The topological polar surface area (TPSA) is 99.1 Å².